The zero-order valence-electron chi connectivity index (χ0n) is 13.9. The summed E-state index contributed by atoms with van der Waals surface area (Å²) in [6, 6.07) is 10.2. The summed E-state index contributed by atoms with van der Waals surface area (Å²) in [4.78, 5) is 14.0. The molecule has 0 bridgehead atoms. The minimum atomic E-state index is -0.101. The van der Waals surface area contributed by atoms with E-state index in [9.17, 15) is 4.79 Å². The number of carbonyl (C=O) groups excluding carboxylic acids is 1. The number of nitrogens with zero attached hydrogens (tertiary/aromatic N) is 1. The molecule has 1 amide bonds. The average molecular weight is 315 g/mol. The predicted molar refractivity (Wildman–Crippen MR) is 88.4 cm³/mol. The first-order chi connectivity index (χ1) is 11.2. The van der Waals surface area contributed by atoms with Crippen molar-refractivity contribution in [3.8, 4) is 0 Å². The molecule has 0 aliphatic carbocycles. The Morgan fingerprint density at radius 3 is 2.74 bits per heavy atom. The summed E-state index contributed by atoms with van der Waals surface area (Å²) in [7, 11) is 0. The third-order valence-corrected chi connectivity index (χ3v) is 4.78. The topological polar surface area (TPSA) is 38.8 Å². The second-order valence-electron chi connectivity index (χ2n) is 6.35. The molecule has 1 fully saturated rings. The summed E-state index contributed by atoms with van der Waals surface area (Å²) >= 11 is 0. The van der Waals surface area contributed by atoms with Gasteiger partial charge in [0.2, 0.25) is 5.91 Å². The van der Waals surface area contributed by atoms with E-state index < -0.39 is 0 Å². The molecular formula is C19H25NO3. The molecular weight excluding hydrogens is 290 g/mol. The van der Waals surface area contributed by atoms with Gasteiger partial charge in [0.25, 0.3) is 0 Å². The maximum absolute atomic E-state index is 12.1. The Kier molecular flexibility index (Phi) is 5.01. The van der Waals surface area contributed by atoms with E-state index in [1.807, 2.05) is 23.1 Å². The average Bonchev–Trinajstić information content (AvgIpc) is 3.00. The van der Waals surface area contributed by atoms with Crippen LogP contribution in [0.1, 0.15) is 38.7 Å². The monoisotopic (exact) mass is 315 g/mol. The van der Waals surface area contributed by atoms with Crippen molar-refractivity contribution in [2.75, 3.05) is 6.54 Å². The Hall–Kier alpha value is -1.81. The second-order valence-corrected chi connectivity index (χ2v) is 6.35. The molecule has 0 spiro atoms. The van der Waals surface area contributed by atoms with E-state index >= 15 is 0 Å². The van der Waals surface area contributed by atoms with Crippen molar-refractivity contribution in [1.29, 1.82) is 0 Å². The van der Waals surface area contributed by atoms with Gasteiger partial charge in [-0.15, -0.1) is 0 Å². The maximum Gasteiger partial charge on any atom is 0.226 e. The van der Waals surface area contributed by atoms with Crippen LogP contribution in [0.4, 0.5) is 0 Å². The molecule has 124 valence electrons. The molecule has 2 aliphatic heterocycles. The van der Waals surface area contributed by atoms with Crippen LogP contribution in [0.2, 0.25) is 0 Å². The zero-order valence-corrected chi connectivity index (χ0v) is 13.9. The first kappa shape index (κ1) is 16.1. The molecule has 4 heteroatoms. The van der Waals surface area contributed by atoms with Crippen LogP contribution in [0.5, 0.6) is 0 Å². The van der Waals surface area contributed by atoms with Gasteiger partial charge in [0.05, 0.1) is 12.3 Å². The fraction of sp³-hybridized carbons (Fsp3) is 0.526. The van der Waals surface area contributed by atoms with Crippen molar-refractivity contribution in [2.24, 2.45) is 5.92 Å². The Bertz CT molecular complexity index is 569. The lowest BCUT2D eigenvalue weighted by Crippen LogP contribution is -2.43. The van der Waals surface area contributed by atoms with Crippen molar-refractivity contribution in [3.63, 3.8) is 0 Å². The van der Waals surface area contributed by atoms with Gasteiger partial charge in [-0.2, -0.15) is 0 Å². The molecule has 0 saturated carbocycles. The van der Waals surface area contributed by atoms with Crippen LogP contribution in [0.25, 0.3) is 0 Å². The molecule has 2 heterocycles. The van der Waals surface area contributed by atoms with Crippen LogP contribution in [0, 0.1) is 5.92 Å². The van der Waals surface area contributed by atoms with Gasteiger partial charge in [0.1, 0.15) is 18.5 Å². The van der Waals surface area contributed by atoms with E-state index in [1.54, 1.807) is 6.26 Å². The lowest BCUT2D eigenvalue weighted by atomic mass is 9.91. The lowest BCUT2D eigenvalue weighted by molar-refractivity contribution is -0.129. The van der Waals surface area contributed by atoms with Crippen molar-refractivity contribution in [1.82, 2.24) is 4.90 Å². The highest BCUT2D eigenvalue weighted by Gasteiger charge is 2.38. The quantitative estimate of drug-likeness (QED) is 0.835. The molecule has 1 aromatic rings. The fourth-order valence-corrected chi connectivity index (χ4v) is 3.42. The van der Waals surface area contributed by atoms with Crippen molar-refractivity contribution < 1.29 is 14.3 Å². The Balaban J connectivity index is 1.77. The normalized spacial score (nSPS) is 27.7. The van der Waals surface area contributed by atoms with E-state index in [0.717, 1.165) is 30.6 Å². The van der Waals surface area contributed by atoms with Crippen LogP contribution in [0.3, 0.4) is 0 Å². The molecule has 2 aliphatic rings. The van der Waals surface area contributed by atoms with E-state index in [4.69, 9.17) is 9.47 Å². The number of benzene rings is 1. The number of hydrogen-bond acceptors (Lipinski definition) is 3. The summed E-state index contributed by atoms with van der Waals surface area (Å²) in [5, 5.41) is 0. The molecule has 3 atom stereocenters. The third-order valence-electron chi connectivity index (χ3n) is 4.78. The van der Waals surface area contributed by atoms with Gasteiger partial charge in [0, 0.05) is 18.9 Å². The van der Waals surface area contributed by atoms with E-state index in [2.05, 4.69) is 26.0 Å². The zero-order chi connectivity index (χ0) is 16.2. The van der Waals surface area contributed by atoms with Gasteiger partial charge in [-0.1, -0.05) is 44.2 Å². The number of ether oxygens (including phenoxy) is 2. The summed E-state index contributed by atoms with van der Waals surface area (Å²) in [6.07, 6.45) is 4.26. The molecule has 0 unspecified atom stereocenters. The molecule has 0 aromatic heterocycles. The third kappa shape index (κ3) is 3.42. The van der Waals surface area contributed by atoms with E-state index in [0.29, 0.717) is 13.0 Å². The number of carbonyl (C=O) groups is 1. The SMILES string of the molecule is CC[C@H]1OC=C(N2CCCC2=O)[C@@H](OCc2ccccc2)[C@H]1C. The first-order valence-corrected chi connectivity index (χ1v) is 8.52. The van der Waals surface area contributed by atoms with Gasteiger partial charge in [-0.25, -0.2) is 0 Å². The van der Waals surface area contributed by atoms with Crippen LogP contribution in [0.15, 0.2) is 42.3 Å². The maximum atomic E-state index is 12.1. The Labute approximate surface area is 138 Å². The minimum Gasteiger partial charge on any atom is -0.496 e. The lowest BCUT2D eigenvalue weighted by Gasteiger charge is -2.38. The molecule has 3 rings (SSSR count). The standard InChI is InChI=1S/C19H25NO3/c1-3-17-14(2)19(23-12-15-8-5-4-6-9-15)16(13-22-17)20-11-7-10-18(20)21/h4-6,8-9,13-14,17,19H,3,7,10-12H2,1-2H3/t14-,17+,19-/m0/s1. The predicted octanol–water partition coefficient (Wildman–Crippen LogP) is 3.48. The van der Waals surface area contributed by atoms with Crippen molar-refractivity contribution >= 4 is 5.91 Å². The largest absolute Gasteiger partial charge is 0.496 e. The summed E-state index contributed by atoms with van der Waals surface area (Å²) < 4.78 is 12.1. The van der Waals surface area contributed by atoms with Crippen LogP contribution < -0.4 is 0 Å². The smallest absolute Gasteiger partial charge is 0.226 e. The van der Waals surface area contributed by atoms with Gasteiger partial charge < -0.3 is 14.4 Å². The van der Waals surface area contributed by atoms with Crippen LogP contribution >= 0.6 is 0 Å². The number of rotatable bonds is 5. The number of hydrogen-bond donors (Lipinski definition) is 0. The highest BCUT2D eigenvalue weighted by molar-refractivity contribution is 5.80. The van der Waals surface area contributed by atoms with Crippen molar-refractivity contribution in [2.45, 2.75) is 51.9 Å². The van der Waals surface area contributed by atoms with E-state index in [1.165, 1.54) is 0 Å². The Morgan fingerprint density at radius 1 is 1.30 bits per heavy atom. The number of likely N-dealkylation sites (tertiary alicyclic amines) is 1. The van der Waals surface area contributed by atoms with Crippen molar-refractivity contribution in [3.05, 3.63) is 47.9 Å². The van der Waals surface area contributed by atoms with Crippen LogP contribution in [-0.4, -0.2) is 29.6 Å². The van der Waals surface area contributed by atoms with E-state index in [-0.39, 0.29) is 24.0 Å². The number of amides is 1. The van der Waals surface area contributed by atoms with Crippen LogP contribution in [-0.2, 0) is 20.9 Å². The fourth-order valence-electron chi connectivity index (χ4n) is 3.42. The molecule has 0 N–H and O–H groups in total. The van der Waals surface area contributed by atoms with Gasteiger partial charge >= 0.3 is 0 Å². The molecule has 1 aromatic carbocycles. The molecule has 23 heavy (non-hydrogen) atoms. The highest BCUT2D eigenvalue weighted by atomic mass is 16.5. The molecule has 4 nitrogen and oxygen atoms in total. The molecule has 1 saturated heterocycles. The Morgan fingerprint density at radius 2 is 2.09 bits per heavy atom. The minimum absolute atomic E-state index is 0.101. The molecule has 0 radical (unpaired) electrons. The summed E-state index contributed by atoms with van der Waals surface area (Å²) in [6.45, 7) is 5.58. The summed E-state index contributed by atoms with van der Waals surface area (Å²) in [5.74, 6) is 0.396. The highest BCUT2D eigenvalue weighted by Crippen LogP contribution is 2.33. The summed E-state index contributed by atoms with van der Waals surface area (Å²) in [5.41, 5.74) is 2.03. The van der Waals surface area contributed by atoms with Gasteiger partial charge in [-0.05, 0) is 18.4 Å². The van der Waals surface area contributed by atoms with Gasteiger partial charge in [-0.3, -0.25) is 4.79 Å². The first-order valence-electron chi connectivity index (χ1n) is 8.52. The van der Waals surface area contributed by atoms with Gasteiger partial charge in [0.15, 0.2) is 0 Å². The second kappa shape index (κ2) is 7.18.